The number of hydrogen-bond acceptors (Lipinski definition) is 4. The Bertz CT molecular complexity index is 364. The molecule has 0 saturated carbocycles. The van der Waals surface area contributed by atoms with Crippen molar-refractivity contribution < 1.29 is 19.0 Å². The Morgan fingerprint density at radius 2 is 1.74 bits per heavy atom. The molecule has 5 nitrogen and oxygen atoms in total. The summed E-state index contributed by atoms with van der Waals surface area (Å²) in [6.07, 6.45) is 0.806. The molecule has 0 unspecified atom stereocenters. The van der Waals surface area contributed by atoms with Gasteiger partial charge >= 0.3 is 0 Å². The summed E-state index contributed by atoms with van der Waals surface area (Å²) in [4.78, 5) is 11.8. The Kier molecular flexibility index (Phi) is 7.62. The number of methoxy groups -OCH3 is 2. The second-order valence-electron chi connectivity index (χ2n) is 3.97. The fourth-order valence-corrected chi connectivity index (χ4v) is 1.47. The molecule has 0 bridgehead atoms. The van der Waals surface area contributed by atoms with Gasteiger partial charge in [0, 0.05) is 32.9 Å². The van der Waals surface area contributed by atoms with Gasteiger partial charge < -0.3 is 19.5 Å². The number of rotatable bonds is 9. The van der Waals surface area contributed by atoms with E-state index in [0.29, 0.717) is 31.9 Å². The first kappa shape index (κ1) is 15.5. The van der Waals surface area contributed by atoms with Crippen molar-refractivity contribution in [1.82, 2.24) is 5.32 Å². The van der Waals surface area contributed by atoms with Gasteiger partial charge in [0.05, 0.1) is 6.61 Å². The van der Waals surface area contributed by atoms with Crippen LogP contribution in [0.15, 0.2) is 24.3 Å². The van der Waals surface area contributed by atoms with Gasteiger partial charge in [-0.05, 0) is 30.7 Å². The average Bonchev–Trinajstić information content (AvgIpc) is 2.44. The zero-order chi connectivity index (χ0) is 13.9. The van der Waals surface area contributed by atoms with Crippen molar-refractivity contribution >= 4 is 5.91 Å². The van der Waals surface area contributed by atoms with Gasteiger partial charge in [0.25, 0.3) is 5.91 Å². The molecule has 0 saturated heterocycles. The highest BCUT2D eigenvalue weighted by atomic mass is 16.5. The number of benzene rings is 1. The van der Waals surface area contributed by atoms with E-state index in [4.69, 9.17) is 14.2 Å². The van der Waals surface area contributed by atoms with E-state index >= 15 is 0 Å². The topological polar surface area (TPSA) is 56.8 Å². The van der Waals surface area contributed by atoms with Gasteiger partial charge in [-0.25, -0.2) is 0 Å². The zero-order valence-electron chi connectivity index (χ0n) is 11.5. The van der Waals surface area contributed by atoms with Crippen LogP contribution in [0.25, 0.3) is 0 Å². The average molecular weight is 267 g/mol. The maximum Gasteiger partial charge on any atom is 0.251 e. The fraction of sp³-hybridized carbons (Fsp3) is 0.500. The van der Waals surface area contributed by atoms with Gasteiger partial charge in [-0.2, -0.15) is 0 Å². The molecule has 106 valence electrons. The van der Waals surface area contributed by atoms with Crippen LogP contribution < -0.4 is 10.1 Å². The van der Waals surface area contributed by atoms with E-state index in [2.05, 4.69) is 5.32 Å². The zero-order valence-corrected chi connectivity index (χ0v) is 11.5. The number of carbonyl (C=O) groups is 1. The molecule has 19 heavy (non-hydrogen) atoms. The standard InChI is InChI=1S/C14H21NO4/c1-17-9-3-8-15-14(16)12-4-6-13(7-5-12)19-11-10-18-2/h4-7H,3,8-11H2,1-2H3,(H,15,16). The highest BCUT2D eigenvalue weighted by Gasteiger charge is 2.04. The molecule has 1 aromatic carbocycles. The summed E-state index contributed by atoms with van der Waals surface area (Å²) in [5.74, 6) is 0.646. The summed E-state index contributed by atoms with van der Waals surface area (Å²) >= 11 is 0. The van der Waals surface area contributed by atoms with Gasteiger partial charge in [0.2, 0.25) is 0 Å². The predicted molar refractivity (Wildman–Crippen MR) is 72.6 cm³/mol. The quantitative estimate of drug-likeness (QED) is 0.689. The smallest absolute Gasteiger partial charge is 0.251 e. The number of hydrogen-bond donors (Lipinski definition) is 1. The lowest BCUT2D eigenvalue weighted by molar-refractivity contribution is 0.0948. The lowest BCUT2D eigenvalue weighted by atomic mass is 10.2. The van der Waals surface area contributed by atoms with Gasteiger partial charge in [-0.3, -0.25) is 4.79 Å². The van der Waals surface area contributed by atoms with Crippen LogP contribution in [0.5, 0.6) is 5.75 Å². The Hall–Kier alpha value is -1.59. The molecule has 0 spiro atoms. The number of amides is 1. The molecule has 0 fully saturated rings. The fourth-order valence-electron chi connectivity index (χ4n) is 1.47. The van der Waals surface area contributed by atoms with E-state index in [0.717, 1.165) is 12.2 Å². The lowest BCUT2D eigenvalue weighted by Gasteiger charge is -2.07. The summed E-state index contributed by atoms with van der Waals surface area (Å²) < 4.78 is 15.2. The van der Waals surface area contributed by atoms with E-state index in [-0.39, 0.29) is 5.91 Å². The van der Waals surface area contributed by atoms with Crippen molar-refractivity contribution in [3.8, 4) is 5.75 Å². The van der Waals surface area contributed by atoms with E-state index in [1.54, 1.807) is 38.5 Å². The Morgan fingerprint density at radius 1 is 1.05 bits per heavy atom. The molecular weight excluding hydrogens is 246 g/mol. The van der Waals surface area contributed by atoms with Crippen molar-refractivity contribution in [2.45, 2.75) is 6.42 Å². The van der Waals surface area contributed by atoms with Crippen molar-refractivity contribution in [2.24, 2.45) is 0 Å². The van der Waals surface area contributed by atoms with Crippen LogP contribution in [0.1, 0.15) is 16.8 Å². The van der Waals surface area contributed by atoms with E-state index in [1.807, 2.05) is 0 Å². The lowest BCUT2D eigenvalue weighted by Crippen LogP contribution is -2.25. The summed E-state index contributed by atoms with van der Waals surface area (Å²) in [6, 6.07) is 7.04. The van der Waals surface area contributed by atoms with Crippen molar-refractivity contribution in [2.75, 3.05) is 40.6 Å². The van der Waals surface area contributed by atoms with Crippen LogP contribution in [0, 0.1) is 0 Å². The molecule has 0 heterocycles. The summed E-state index contributed by atoms with van der Waals surface area (Å²) in [5.41, 5.74) is 0.622. The maximum absolute atomic E-state index is 11.8. The van der Waals surface area contributed by atoms with Crippen molar-refractivity contribution in [3.63, 3.8) is 0 Å². The van der Waals surface area contributed by atoms with E-state index < -0.39 is 0 Å². The third-order valence-corrected chi connectivity index (χ3v) is 2.48. The Labute approximate surface area is 113 Å². The van der Waals surface area contributed by atoms with Crippen LogP contribution >= 0.6 is 0 Å². The summed E-state index contributed by atoms with van der Waals surface area (Å²) in [7, 11) is 3.27. The largest absolute Gasteiger partial charge is 0.491 e. The minimum Gasteiger partial charge on any atom is -0.491 e. The van der Waals surface area contributed by atoms with Gasteiger partial charge in [0.15, 0.2) is 0 Å². The Morgan fingerprint density at radius 3 is 2.37 bits per heavy atom. The first-order chi connectivity index (χ1) is 9.27. The molecule has 0 aromatic heterocycles. The van der Waals surface area contributed by atoms with E-state index in [9.17, 15) is 4.79 Å². The molecule has 1 amide bonds. The van der Waals surface area contributed by atoms with Crippen LogP contribution in [0.4, 0.5) is 0 Å². The third-order valence-electron chi connectivity index (χ3n) is 2.48. The molecule has 0 aliphatic rings. The molecule has 1 N–H and O–H groups in total. The minimum absolute atomic E-state index is 0.0838. The summed E-state index contributed by atoms with van der Waals surface area (Å²) in [5, 5.41) is 2.83. The Balaban J connectivity index is 2.35. The minimum atomic E-state index is -0.0838. The second-order valence-corrected chi connectivity index (χ2v) is 3.97. The highest BCUT2D eigenvalue weighted by molar-refractivity contribution is 5.94. The second kappa shape index (κ2) is 9.35. The maximum atomic E-state index is 11.8. The normalized spacial score (nSPS) is 10.2. The third kappa shape index (κ3) is 6.22. The molecular formula is C14H21NO4. The number of ether oxygens (including phenoxy) is 3. The monoisotopic (exact) mass is 267 g/mol. The first-order valence-corrected chi connectivity index (χ1v) is 6.27. The molecule has 0 aliphatic carbocycles. The van der Waals surface area contributed by atoms with Crippen molar-refractivity contribution in [3.05, 3.63) is 29.8 Å². The molecule has 1 aromatic rings. The number of carbonyl (C=O) groups excluding carboxylic acids is 1. The molecule has 0 radical (unpaired) electrons. The predicted octanol–water partition coefficient (Wildman–Crippen LogP) is 1.48. The molecule has 0 aliphatic heterocycles. The van der Waals surface area contributed by atoms with Crippen LogP contribution in [0.2, 0.25) is 0 Å². The molecule has 5 heteroatoms. The molecule has 1 rings (SSSR count). The van der Waals surface area contributed by atoms with Crippen LogP contribution in [-0.4, -0.2) is 46.5 Å². The highest BCUT2D eigenvalue weighted by Crippen LogP contribution is 2.12. The van der Waals surface area contributed by atoms with Crippen molar-refractivity contribution in [1.29, 1.82) is 0 Å². The van der Waals surface area contributed by atoms with Gasteiger partial charge in [0.1, 0.15) is 12.4 Å². The van der Waals surface area contributed by atoms with Crippen LogP contribution in [-0.2, 0) is 9.47 Å². The SMILES string of the molecule is COCCCNC(=O)c1ccc(OCCOC)cc1. The van der Waals surface area contributed by atoms with E-state index in [1.165, 1.54) is 0 Å². The summed E-state index contributed by atoms with van der Waals surface area (Å²) in [6.45, 7) is 2.30. The van der Waals surface area contributed by atoms with Crippen LogP contribution in [0.3, 0.4) is 0 Å². The number of nitrogens with one attached hydrogen (secondary N) is 1. The first-order valence-electron chi connectivity index (χ1n) is 6.27. The van der Waals surface area contributed by atoms with Gasteiger partial charge in [-0.15, -0.1) is 0 Å². The van der Waals surface area contributed by atoms with Gasteiger partial charge in [-0.1, -0.05) is 0 Å². The molecule has 0 atom stereocenters.